The molecule has 4 nitrogen and oxygen atoms in total. The second-order valence-corrected chi connectivity index (χ2v) is 3.72. The fourth-order valence-electron chi connectivity index (χ4n) is 1.75. The van der Waals surface area contributed by atoms with Gasteiger partial charge in [-0.3, -0.25) is 9.97 Å². The van der Waals surface area contributed by atoms with Crippen molar-refractivity contribution in [1.82, 2.24) is 20.2 Å². The third-order valence-electron chi connectivity index (χ3n) is 2.57. The Bertz CT molecular complexity index is 589. The molecule has 0 amide bonds. The van der Waals surface area contributed by atoms with Crippen molar-refractivity contribution in [3.05, 3.63) is 61.1 Å². The first kappa shape index (κ1) is 16.5. The van der Waals surface area contributed by atoms with Crippen molar-refractivity contribution in [1.29, 1.82) is 0 Å². The van der Waals surface area contributed by atoms with Gasteiger partial charge in [0.15, 0.2) is 0 Å². The Kier molecular flexibility index (Phi) is 6.49. The maximum Gasteiger partial charge on any atom is 0.121 e. The van der Waals surface area contributed by atoms with Gasteiger partial charge in [0.2, 0.25) is 0 Å². The van der Waals surface area contributed by atoms with Crippen molar-refractivity contribution < 1.29 is 34.1 Å². The summed E-state index contributed by atoms with van der Waals surface area (Å²) in [6, 6.07) is 13.4. The molecule has 0 saturated carbocycles. The molecule has 20 heavy (non-hydrogen) atoms. The topological polar surface area (TPSA) is 51.6 Å². The van der Waals surface area contributed by atoms with E-state index in [9.17, 15) is 0 Å². The normalized spacial score (nSPS) is 9.20. The van der Waals surface area contributed by atoms with E-state index in [-0.39, 0.29) is 34.1 Å². The Hall–Kier alpha value is -1.58. The third kappa shape index (κ3) is 3.50. The number of rotatable bonds is 2. The van der Waals surface area contributed by atoms with E-state index in [1.807, 2.05) is 42.5 Å². The zero-order valence-electron chi connectivity index (χ0n) is 10.3. The maximum absolute atomic E-state index is 4.34. The first-order valence-corrected chi connectivity index (χ1v) is 5.59. The molecular weight excluding hydrogens is 336 g/mol. The molecule has 0 N–H and O–H groups in total. The number of hydrogen-bond donors (Lipinski definition) is 0. The van der Waals surface area contributed by atoms with Gasteiger partial charge in [0, 0.05) is 52.1 Å². The molecule has 3 rings (SSSR count). The van der Waals surface area contributed by atoms with Gasteiger partial charge < -0.3 is 0 Å². The maximum atomic E-state index is 4.34. The Labute approximate surface area is 138 Å². The predicted molar refractivity (Wildman–Crippen MR) is 68.5 cm³/mol. The third-order valence-corrected chi connectivity index (χ3v) is 2.57. The molecular formula is C14H10Fe2N4. The molecule has 0 fully saturated rings. The van der Waals surface area contributed by atoms with Gasteiger partial charge in [-0.05, 0) is 30.3 Å². The van der Waals surface area contributed by atoms with E-state index in [2.05, 4.69) is 20.2 Å². The molecule has 0 aliphatic rings. The zero-order chi connectivity index (χ0) is 12.2. The molecule has 0 unspecified atom stereocenters. The first-order chi connectivity index (χ1) is 8.95. The van der Waals surface area contributed by atoms with Crippen LogP contribution in [0.2, 0.25) is 0 Å². The molecule has 3 aromatic heterocycles. The summed E-state index contributed by atoms with van der Waals surface area (Å²) in [4.78, 5) is 8.64. The van der Waals surface area contributed by atoms with E-state index in [0.717, 1.165) is 22.6 Å². The summed E-state index contributed by atoms with van der Waals surface area (Å²) >= 11 is 0. The molecule has 3 aromatic rings. The summed E-state index contributed by atoms with van der Waals surface area (Å²) in [5, 5.41) is 8.10. The molecule has 0 aliphatic carbocycles. The van der Waals surface area contributed by atoms with Crippen molar-refractivity contribution in [2.24, 2.45) is 0 Å². The summed E-state index contributed by atoms with van der Waals surface area (Å²) in [7, 11) is 0. The van der Waals surface area contributed by atoms with Gasteiger partial charge in [-0.2, -0.15) is 5.10 Å². The van der Waals surface area contributed by atoms with Gasteiger partial charge >= 0.3 is 0 Å². The van der Waals surface area contributed by atoms with Crippen LogP contribution in [-0.4, -0.2) is 20.2 Å². The van der Waals surface area contributed by atoms with Crippen LogP contribution in [0.15, 0.2) is 61.1 Å². The SMILES string of the molecule is [Fe].[Fe].c1ccc(-c2ccnnc2-c2ccccn2)nc1. The summed E-state index contributed by atoms with van der Waals surface area (Å²) < 4.78 is 0. The zero-order valence-corrected chi connectivity index (χ0v) is 12.5. The fourth-order valence-corrected chi connectivity index (χ4v) is 1.75. The Balaban J connectivity index is 0.000001000. The minimum absolute atomic E-state index is 0. The molecule has 3 heterocycles. The average Bonchev–Trinajstić information content (AvgIpc) is 2.49. The second-order valence-electron chi connectivity index (χ2n) is 3.72. The van der Waals surface area contributed by atoms with Crippen LogP contribution in [0.3, 0.4) is 0 Å². The number of pyridine rings is 2. The second kappa shape index (κ2) is 7.88. The quantitative estimate of drug-likeness (QED) is 0.670. The standard InChI is InChI=1S/C14H10N4.2Fe/c1-3-8-15-12(5-1)11-7-10-17-18-14(11)13-6-2-4-9-16-13;;/h1-10H;;. The van der Waals surface area contributed by atoms with Gasteiger partial charge in [0.25, 0.3) is 0 Å². The van der Waals surface area contributed by atoms with Crippen LogP contribution in [0, 0.1) is 0 Å². The molecule has 102 valence electrons. The van der Waals surface area contributed by atoms with Crippen molar-refractivity contribution in [2.45, 2.75) is 0 Å². The molecule has 0 aromatic carbocycles. The van der Waals surface area contributed by atoms with Crippen molar-refractivity contribution in [3.8, 4) is 22.6 Å². The molecule has 0 atom stereocenters. The molecule has 0 spiro atoms. The van der Waals surface area contributed by atoms with Gasteiger partial charge in [-0.25, -0.2) is 0 Å². The number of hydrogen-bond acceptors (Lipinski definition) is 4. The summed E-state index contributed by atoms with van der Waals surface area (Å²) in [5.41, 5.74) is 3.35. The summed E-state index contributed by atoms with van der Waals surface area (Å²) in [6.45, 7) is 0. The van der Waals surface area contributed by atoms with Crippen LogP contribution in [0.1, 0.15) is 0 Å². The van der Waals surface area contributed by atoms with E-state index in [1.54, 1.807) is 18.6 Å². The fraction of sp³-hybridized carbons (Fsp3) is 0. The van der Waals surface area contributed by atoms with Crippen LogP contribution >= 0.6 is 0 Å². The smallest absolute Gasteiger partial charge is 0.121 e. The Morgan fingerprint density at radius 3 is 1.90 bits per heavy atom. The van der Waals surface area contributed by atoms with E-state index >= 15 is 0 Å². The van der Waals surface area contributed by atoms with Gasteiger partial charge in [0.1, 0.15) is 5.69 Å². The monoisotopic (exact) mass is 346 g/mol. The minimum Gasteiger partial charge on any atom is -0.256 e. The van der Waals surface area contributed by atoms with E-state index in [4.69, 9.17) is 0 Å². The van der Waals surface area contributed by atoms with Crippen LogP contribution < -0.4 is 0 Å². The first-order valence-electron chi connectivity index (χ1n) is 5.59. The molecule has 0 bridgehead atoms. The summed E-state index contributed by atoms with van der Waals surface area (Å²) in [5.74, 6) is 0. The number of nitrogens with zero attached hydrogens (tertiary/aromatic N) is 4. The Morgan fingerprint density at radius 2 is 1.30 bits per heavy atom. The predicted octanol–water partition coefficient (Wildman–Crippen LogP) is 2.60. The largest absolute Gasteiger partial charge is 0.256 e. The molecule has 0 saturated heterocycles. The van der Waals surface area contributed by atoms with Crippen molar-refractivity contribution >= 4 is 0 Å². The molecule has 6 heteroatoms. The summed E-state index contributed by atoms with van der Waals surface area (Å²) in [6.07, 6.45) is 5.17. The van der Waals surface area contributed by atoms with E-state index < -0.39 is 0 Å². The van der Waals surface area contributed by atoms with Crippen molar-refractivity contribution in [2.75, 3.05) is 0 Å². The van der Waals surface area contributed by atoms with Crippen LogP contribution in [0.4, 0.5) is 0 Å². The van der Waals surface area contributed by atoms with Gasteiger partial charge in [-0.1, -0.05) is 12.1 Å². The van der Waals surface area contributed by atoms with Gasteiger partial charge in [-0.15, -0.1) is 5.10 Å². The van der Waals surface area contributed by atoms with Gasteiger partial charge in [0.05, 0.1) is 17.6 Å². The minimum atomic E-state index is 0. The Morgan fingerprint density at radius 1 is 0.650 bits per heavy atom. The van der Waals surface area contributed by atoms with Crippen LogP contribution in [0.5, 0.6) is 0 Å². The average molecular weight is 346 g/mol. The number of aromatic nitrogens is 4. The van der Waals surface area contributed by atoms with Crippen molar-refractivity contribution in [3.63, 3.8) is 0 Å². The van der Waals surface area contributed by atoms with Crippen LogP contribution in [0.25, 0.3) is 22.6 Å². The van der Waals surface area contributed by atoms with E-state index in [1.165, 1.54) is 0 Å². The molecule has 0 aliphatic heterocycles. The molecule has 0 radical (unpaired) electrons. The van der Waals surface area contributed by atoms with E-state index in [0.29, 0.717) is 0 Å². The van der Waals surface area contributed by atoms with Crippen LogP contribution in [-0.2, 0) is 34.1 Å².